The number of carboxylic acids is 1. The van der Waals surface area contributed by atoms with Crippen LogP contribution in [0, 0.1) is 0 Å². The van der Waals surface area contributed by atoms with Gasteiger partial charge in [0, 0.05) is 25.9 Å². The summed E-state index contributed by atoms with van der Waals surface area (Å²) in [4.78, 5) is 22.2. The molecule has 2 rings (SSSR count). The molecule has 2 N–H and O–H groups in total. The SMILES string of the molecule is CCc1cc(NC2(C(=O)O)CCCC2)nc(N(C)C)n1. The third-order valence-electron chi connectivity index (χ3n) is 3.76. The Morgan fingerprint density at radius 2 is 2.05 bits per heavy atom. The molecule has 1 aromatic heterocycles. The van der Waals surface area contributed by atoms with Gasteiger partial charge in [-0.2, -0.15) is 4.98 Å². The number of rotatable bonds is 5. The molecule has 0 saturated heterocycles. The predicted octanol–water partition coefficient (Wildman–Crippen LogP) is 1.91. The molecule has 1 fully saturated rings. The molecule has 6 nitrogen and oxygen atoms in total. The van der Waals surface area contributed by atoms with Crippen molar-refractivity contribution in [2.45, 2.75) is 44.6 Å². The highest BCUT2D eigenvalue weighted by Crippen LogP contribution is 2.33. The summed E-state index contributed by atoms with van der Waals surface area (Å²) in [5, 5.41) is 12.7. The van der Waals surface area contributed by atoms with Gasteiger partial charge in [0.25, 0.3) is 0 Å². The minimum Gasteiger partial charge on any atom is -0.480 e. The fourth-order valence-corrected chi connectivity index (χ4v) is 2.54. The van der Waals surface area contributed by atoms with Crippen LogP contribution in [-0.2, 0) is 11.2 Å². The molecule has 0 spiro atoms. The van der Waals surface area contributed by atoms with Crippen molar-refractivity contribution in [3.8, 4) is 0 Å². The summed E-state index contributed by atoms with van der Waals surface area (Å²) in [5.41, 5.74) is 0.0351. The average Bonchev–Trinajstić information content (AvgIpc) is 2.88. The van der Waals surface area contributed by atoms with Crippen molar-refractivity contribution in [3.05, 3.63) is 11.8 Å². The van der Waals surface area contributed by atoms with Crippen molar-refractivity contribution in [2.24, 2.45) is 0 Å². The molecule has 0 amide bonds. The van der Waals surface area contributed by atoms with Crippen molar-refractivity contribution < 1.29 is 9.90 Å². The summed E-state index contributed by atoms with van der Waals surface area (Å²) in [6.07, 6.45) is 3.95. The molecule has 0 aromatic carbocycles. The molecule has 1 aromatic rings. The highest BCUT2D eigenvalue weighted by molar-refractivity contribution is 5.82. The predicted molar refractivity (Wildman–Crippen MR) is 78.2 cm³/mol. The highest BCUT2D eigenvalue weighted by Gasteiger charge is 2.41. The molecule has 0 atom stereocenters. The quantitative estimate of drug-likeness (QED) is 0.856. The Balaban J connectivity index is 2.32. The van der Waals surface area contributed by atoms with Crippen LogP contribution >= 0.6 is 0 Å². The van der Waals surface area contributed by atoms with Crippen LogP contribution in [0.15, 0.2) is 6.07 Å². The number of aromatic nitrogens is 2. The van der Waals surface area contributed by atoms with Gasteiger partial charge in [-0.05, 0) is 19.3 Å². The van der Waals surface area contributed by atoms with Gasteiger partial charge in [0.1, 0.15) is 11.4 Å². The second kappa shape index (κ2) is 5.64. The van der Waals surface area contributed by atoms with Crippen LogP contribution in [0.3, 0.4) is 0 Å². The molecule has 6 heteroatoms. The zero-order valence-corrected chi connectivity index (χ0v) is 12.3. The lowest BCUT2D eigenvalue weighted by molar-refractivity contribution is -0.142. The van der Waals surface area contributed by atoms with E-state index in [9.17, 15) is 9.90 Å². The molecule has 0 unspecified atom stereocenters. The summed E-state index contributed by atoms with van der Waals surface area (Å²) in [7, 11) is 3.75. The van der Waals surface area contributed by atoms with Gasteiger partial charge in [0.15, 0.2) is 0 Å². The van der Waals surface area contributed by atoms with Gasteiger partial charge >= 0.3 is 5.97 Å². The van der Waals surface area contributed by atoms with E-state index in [1.807, 2.05) is 32.0 Å². The molecule has 0 aliphatic heterocycles. The van der Waals surface area contributed by atoms with Gasteiger partial charge < -0.3 is 15.3 Å². The first-order chi connectivity index (χ1) is 9.47. The largest absolute Gasteiger partial charge is 0.480 e. The van der Waals surface area contributed by atoms with Gasteiger partial charge in [-0.3, -0.25) is 0 Å². The van der Waals surface area contributed by atoms with Crippen molar-refractivity contribution in [1.29, 1.82) is 0 Å². The molecule has 1 heterocycles. The number of carbonyl (C=O) groups is 1. The summed E-state index contributed by atoms with van der Waals surface area (Å²) < 4.78 is 0. The molecule has 0 bridgehead atoms. The van der Waals surface area contributed by atoms with Crippen LogP contribution in [0.1, 0.15) is 38.3 Å². The lowest BCUT2D eigenvalue weighted by atomic mass is 9.98. The second-order valence-electron chi connectivity index (χ2n) is 5.51. The maximum atomic E-state index is 11.6. The second-order valence-corrected chi connectivity index (χ2v) is 5.51. The van der Waals surface area contributed by atoms with Crippen LogP contribution in [-0.4, -0.2) is 40.7 Å². The van der Waals surface area contributed by atoms with Crippen LogP contribution in [0.4, 0.5) is 11.8 Å². The summed E-state index contributed by atoms with van der Waals surface area (Å²) >= 11 is 0. The molecule has 110 valence electrons. The van der Waals surface area contributed by atoms with E-state index in [0.29, 0.717) is 24.6 Å². The zero-order chi connectivity index (χ0) is 14.8. The van der Waals surface area contributed by atoms with E-state index in [-0.39, 0.29) is 0 Å². The molecular formula is C14H22N4O2. The monoisotopic (exact) mass is 278 g/mol. The van der Waals surface area contributed by atoms with Gasteiger partial charge in [-0.15, -0.1) is 0 Å². The van der Waals surface area contributed by atoms with Gasteiger partial charge in [0.2, 0.25) is 5.95 Å². The highest BCUT2D eigenvalue weighted by atomic mass is 16.4. The third kappa shape index (κ3) is 2.84. The number of aliphatic carboxylic acids is 1. The van der Waals surface area contributed by atoms with E-state index >= 15 is 0 Å². The lowest BCUT2D eigenvalue weighted by Crippen LogP contribution is -2.44. The van der Waals surface area contributed by atoms with E-state index in [1.165, 1.54) is 0 Å². The normalized spacial score (nSPS) is 16.9. The van der Waals surface area contributed by atoms with Gasteiger partial charge in [-0.1, -0.05) is 19.8 Å². The standard InChI is InChI=1S/C14H22N4O2/c1-4-10-9-11(16-13(15-10)18(2)3)17-14(12(19)20)7-5-6-8-14/h9H,4-8H2,1-3H3,(H,19,20)(H,15,16,17). The average molecular weight is 278 g/mol. The summed E-state index contributed by atoms with van der Waals surface area (Å²) in [6.45, 7) is 2.02. The molecule has 1 saturated carbocycles. The van der Waals surface area contributed by atoms with E-state index in [2.05, 4.69) is 15.3 Å². The third-order valence-corrected chi connectivity index (χ3v) is 3.76. The van der Waals surface area contributed by atoms with Crippen molar-refractivity contribution in [3.63, 3.8) is 0 Å². The number of aryl methyl sites for hydroxylation is 1. The Kier molecular flexibility index (Phi) is 4.11. The minimum absolute atomic E-state index is 0.602. The first-order valence-electron chi connectivity index (χ1n) is 7.04. The number of hydrogen-bond acceptors (Lipinski definition) is 5. The number of anilines is 2. The van der Waals surface area contributed by atoms with E-state index in [1.54, 1.807) is 0 Å². The number of hydrogen-bond donors (Lipinski definition) is 2. The Labute approximate surface area is 119 Å². The summed E-state index contributed by atoms with van der Waals surface area (Å²) in [5.74, 6) is 0.410. The molecule has 1 aliphatic rings. The zero-order valence-electron chi connectivity index (χ0n) is 12.3. The fourth-order valence-electron chi connectivity index (χ4n) is 2.54. The van der Waals surface area contributed by atoms with Crippen LogP contribution in [0.25, 0.3) is 0 Å². The molecule has 0 radical (unpaired) electrons. The first-order valence-corrected chi connectivity index (χ1v) is 7.04. The number of nitrogens with one attached hydrogen (secondary N) is 1. The van der Waals surface area contributed by atoms with Crippen molar-refractivity contribution in [1.82, 2.24) is 9.97 Å². The Morgan fingerprint density at radius 3 is 2.55 bits per heavy atom. The molecule has 1 aliphatic carbocycles. The Hall–Kier alpha value is -1.85. The Bertz CT molecular complexity index is 496. The molecular weight excluding hydrogens is 256 g/mol. The maximum absolute atomic E-state index is 11.6. The Morgan fingerprint density at radius 1 is 1.40 bits per heavy atom. The topological polar surface area (TPSA) is 78.3 Å². The summed E-state index contributed by atoms with van der Waals surface area (Å²) in [6, 6.07) is 1.84. The van der Waals surface area contributed by atoms with Crippen LogP contribution < -0.4 is 10.2 Å². The molecule has 20 heavy (non-hydrogen) atoms. The minimum atomic E-state index is -0.872. The van der Waals surface area contributed by atoms with Crippen LogP contribution in [0.5, 0.6) is 0 Å². The number of nitrogens with zero attached hydrogens (tertiary/aromatic N) is 3. The van der Waals surface area contributed by atoms with Gasteiger partial charge in [0.05, 0.1) is 0 Å². The van der Waals surface area contributed by atoms with E-state index < -0.39 is 11.5 Å². The first kappa shape index (κ1) is 14.6. The number of carboxylic acid groups (broad SMARTS) is 1. The maximum Gasteiger partial charge on any atom is 0.329 e. The fraction of sp³-hybridized carbons (Fsp3) is 0.643. The lowest BCUT2D eigenvalue weighted by Gasteiger charge is -2.26. The van der Waals surface area contributed by atoms with Crippen LogP contribution in [0.2, 0.25) is 0 Å². The van der Waals surface area contributed by atoms with Gasteiger partial charge in [-0.25, -0.2) is 9.78 Å². The smallest absolute Gasteiger partial charge is 0.329 e. The van der Waals surface area contributed by atoms with Crippen molar-refractivity contribution in [2.75, 3.05) is 24.3 Å². The van der Waals surface area contributed by atoms with E-state index in [0.717, 1.165) is 25.0 Å². The van der Waals surface area contributed by atoms with E-state index in [4.69, 9.17) is 0 Å². The van der Waals surface area contributed by atoms with Crippen molar-refractivity contribution >= 4 is 17.7 Å².